The zero-order chi connectivity index (χ0) is 20.8. The Kier molecular flexibility index (Phi) is 70.1. The average molecular weight is 371 g/mol. The van der Waals surface area contributed by atoms with Gasteiger partial charge in [-0.15, -0.1) is 0 Å². The molecule has 25 heavy (non-hydrogen) atoms. The molecular formula is C19H46O6. The lowest BCUT2D eigenvalue weighted by Gasteiger charge is -1.94. The second kappa shape index (κ2) is 49.5. The summed E-state index contributed by atoms with van der Waals surface area (Å²) in [6.07, 6.45) is 3.83. The van der Waals surface area contributed by atoms with E-state index in [2.05, 4.69) is 30.2 Å². The van der Waals surface area contributed by atoms with Crippen LogP contribution in [-0.2, 0) is 28.5 Å². The second-order valence-electron chi connectivity index (χ2n) is 4.55. The number of carbonyl (C=O) groups is 1. The molecule has 0 N–H and O–H groups in total. The minimum absolute atomic E-state index is 0.157. The maximum atomic E-state index is 9.96. The van der Waals surface area contributed by atoms with E-state index in [9.17, 15) is 4.79 Å². The van der Waals surface area contributed by atoms with Crippen LogP contribution in [0.25, 0.3) is 0 Å². The van der Waals surface area contributed by atoms with Crippen molar-refractivity contribution in [3.63, 3.8) is 0 Å². The molecule has 0 atom stereocenters. The lowest BCUT2D eigenvalue weighted by molar-refractivity contribution is -0.140. The van der Waals surface area contributed by atoms with Gasteiger partial charge in [0.1, 0.15) is 0 Å². The molecule has 0 aliphatic heterocycles. The predicted octanol–water partition coefficient (Wildman–Crippen LogP) is 4.35. The molecule has 158 valence electrons. The van der Waals surface area contributed by atoms with E-state index in [0.717, 1.165) is 39.3 Å². The molecule has 0 aromatic rings. The zero-order valence-corrected chi connectivity index (χ0v) is 18.6. The van der Waals surface area contributed by atoms with Crippen molar-refractivity contribution in [2.24, 2.45) is 0 Å². The minimum atomic E-state index is -0.157. The third kappa shape index (κ3) is 99.6. The lowest BCUT2D eigenvalue weighted by atomic mass is 10.5. The second-order valence-corrected chi connectivity index (χ2v) is 4.55. The molecule has 0 unspecified atom stereocenters. The highest BCUT2D eigenvalue weighted by molar-refractivity contribution is 5.68. The van der Waals surface area contributed by atoms with Crippen LogP contribution < -0.4 is 0 Å². The smallest absolute Gasteiger partial charge is 0.305 e. The van der Waals surface area contributed by atoms with E-state index >= 15 is 0 Å². The number of carbonyl (C=O) groups excluding carboxylic acids is 1. The van der Waals surface area contributed by atoms with Crippen molar-refractivity contribution in [1.29, 1.82) is 0 Å². The van der Waals surface area contributed by atoms with Gasteiger partial charge in [-0.2, -0.15) is 0 Å². The Balaban J connectivity index is -0.0000000687. The Labute approximate surface area is 157 Å². The Morgan fingerprint density at radius 1 is 0.680 bits per heavy atom. The van der Waals surface area contributed by atoms with E-state index < -0.39 is 0 Å². The third-order valence-electron chi connectivity index (χ3n) is 1.91. The number of hydrogen-bond donors (Lipinski definition) is 0. The summed E-state index contributed by atoms with van der Waals surface area (Å²) in [7, 11) is 8.15. The number of rotatable bonds is 8. The maximum absolute atomic E-state index is 9.96. The van der Waals surface area contributed by atoms with Gasteiger partial charge in [-0.3, -0.25) is 4.79 Å². The van der Waals surface area contributed by atoms with Crippen LogP contribution in [0.15, 0.2) is 0 Å². The first-order valence-corrected chi connectivity index (χ1v) is 8.99. The van der Waals surface area contributed by atoms with Crippen LogP contribution in [0.5, 0.6) is 0 Å². The van der Waals surface area contributed by atoms with Crippen LogP contribution in [0, 0.1) is 0 Å². The molecule has 0 radical (unpaired) electrons. The molecule has 0 saturated carbocycles. The van der Waals surface area contributed by atoms with Gasteiger partial charge in [0.25, 0.3) is 0 Å². The van der Waals surface area contributed by atoms with E-state index in [4.69, 9.17) is 14.2 Å². The molecule has 0 spiro atoms. The van der Waals surface area contributed by atoms with Crippen LogP contribution in [0.1, 0.15) is 60.3 Å². The van der Waals surface area contributed by atoms with Gasteiger partial charge < -0.3 is 23.7 Å². The summed E-state index contributed by atoms with van der Waals surface area (Å²) in [6, 6.07) is 0. The number of esters is 1. The average Bonchev–Trinajstić information content (AvgIpc) is 2.64. The van der Waals surface area contributed by atoms with Crippen LogP contribution in [0.2, 0.25) is 0 Å². The first kappa shape index (κ1) is 35.4. The molecule has 0 aromatic heterocycles. The van der Waals surface area contributed by atoms with E-state index in [1.807, 2.05) is 6.92 Å². The summed E-state index contributed by atoms with van der Waals surface area (Å²) in [4.78, 5) is 9.96. The Morgan fingerprint density at radius 2 is 1.04 bits per heavy atom. The van der Waals surface area contributed by atoms with Crippen molar-refractivity contribution >= 4 is 5.97 Å². The minimum Gasteiger partial charge on any atom is -0.469 e. The van der Waals surface area contributed by atoms with Crippen molar-refractivity contribution in [3.8, 4) is 0 Å². The third-order valence-corrected chi connectivity index (χ3v) is 1.91. The Morgan fingerprint density at radius 3 is 1.12 bits per heavy atom. The highest BCUT2D eigenvalue weighted by Crippen LogP contribution is 1.78. The normalized spacial score (nSPS) is 8.08. The molecule has 0 aliphatic rings. The molecule has 0 bridgehead atoms. The van der Waals surface area contributed by atoms with Gasteiger partial charge in [0.2, 0.25) is 0 Å². The standard InChI is InChI=1S/C5H12O2.C4H8O2.C4H10O.C3H8O.C3H8/c1-6-4-3-5-7-2;1-3-4(5)6-2;1-3-4-5-2;1-3-4-2;1-3-2/h3-5H2,1-2H3;3H2,1-2H3;3-4H2,1-2H3;3H2,1-2H3;3H2,1-2H3. The summed E-state index contributed by atoms with van der Waals surface area (Å²) < 4.78 is 23.0. The summed E-state index contributed by atoms with van der Waals surface area (Å²) in [5, 5.41) is 0. The molecule has 0 aromatic carbocycles. The Hall–Kier alpha value is -0.690. The predicted molar refractivity (Wildman–Crippen MR) is 106 cm³/mol. The molecule has 0 rings (SSSR count). The van der Waals surface area contributed by atoms with Crippen molar-refractivity contribution in [2.75, 3.05) is 62.0 Å². The fourth-order valence-corrected chi connectivity index (χ4v) is 0.696. The fourth-order valence-electron chi connectivity index (χ4n) is 0.696. The van der Waals surface area contributed by atoms with E-state index in [1.165, 1.54) is 13.5 Å². The van der Waals surface area contributed by atoms with E-state index in [1.54, 1.807) is 35.4 Å². The lowest BCUT2D eigenvalue weighted by Crippen LogP contribution is -1.94. The summed E-state index contributed by atoms with van der Waals surface area (Å²) in [6.45, 7) is 13.4. The van der Waals surface area contributed by atoms with E-state index in [-0.39, 0.29) is 5.97 Å². The molecule has 0 heterocycles. The van der Waals surface area contributed by atoms with Crippen molar-refractivity contribution in [1.82, 2.24) is 0 Å². The van der Waals surface area contributed by atoms with Gasteiger partial charge in [-0.1, -0.05) is 34.1 Å². The molecule has 6 nitrogen and oxygen atoms in total. The summed E-state index contributed by atoms with van der Waals surface area (Å²) >= 11 is 0. The highest BCUT2D eigenvalue weighted by Gasteiger charge is 1.87. The molecule has 6 heteroatoms. The van der Waals surface area contributed by atoms with Crippen LogP contribution in [-0.4, -0.2) is 67.9 Å². The van der Waals surface area contributed by atoms with Crippen LogP contribution in [0.3, 0.4) is 0 Å². The largest absolute Gasteiger partial charge is 0.469 e. The molecule has 0 fully saturated rings. The van der Waals surface area contributed by atoms with Gasteiger partial charge in [0, 0.05) is 61.3 Å². The number of hydrogen-bond acceptors (Lipinski definition) is 6. The zero-order valence-electron chi connectivity index (χ0n) is 18.6. The molecule has 0 amide bonds. The summed E-state index contributed by atoms with van der Waals surface area (Å²) in [5.74, 6) is -0.157. The SMILES string of the molecule is CCC.CCC(=O)OC.CCCOC.CCOC.COCCCOC. The highest BCUT2D eigenvalue weighted by atomic mass is 16.5. The van der Waals surface area contributed by atoms with Gasteiger partial charge in [0.05, 0.1) is 7.11 Å². The first-order chi connectivity index (χ1) is 12.0. The molecular weight excluding hydrogens is 324 g/mol. The van der Waals surface area contributed by atoms with Crippen molar-refractivity contribution < 1.29 is 28.5 Å². The Bertz CT molecular complexity index is 163. The molecule has 0 aliphatic carbocycles. The van der Waals surface area contributed by atoms with Gasteiger partial charge in [-0.25, -0.2) is 0 Å². The number of methoxy groups -OCH3 is 5. The van der Waals surface area contributed by atoms with Crippen molar-refractivity contribution in [2.45, 2.75) is 60.3 Å². The van der Waals surface area contributed by atoms with Gasteiger partial charge in [0.15, 0.2) is 0 Å². The summed E-state index contributed by atoms with van der Waals surface area (Å²) in [5.41, 5.74) is 0. The fraction of sp³-hybridized carbons (Fsp3) is 0.947. The van der Waals surface area contributed by atoms with E-state index in [0.29, 0.717) is 6.42 Å². The first-order valence-electron chi connectivity index (χ1n) is 8.99. The number of ether oxygens (including phenoxy) is 5. The molecule has 0 saturated heterocycles. The van der Waals surface area contributed by atoms with Gasteiger partial charge in [-0.05, 0) is 19.8 Å². The van der Waals surface area contributed by atoms with Crippen LogP contribution in [0.4, 0.5) is 0 Å². The quantitative estimate of drug-likeness (QED) is 0.467. The maximum Gasteiger partial charge on any atom is 0.305 e. The monoisotopic (exact) mass is 370 g/mol. The topological polar surface area (TPSA) is 63.2 Å². The van der Waals surface area contributed by atoms with Gasteiger partial charge >= 0.3 is 5.97 Å². The van der Waals surface area contributed by atoms with Crippen molar-refractivity contribution in [3.05, 3.63) is 0 Å². The van der Waals surface area contributed by atoms with Crippen LogP contribution >= 0.6 is 0 Å².